The van der Waals surface area contributed by atoms with Crippen molar-refractivity contribution in [3.05, 3.63) is 12.7 Å². The molecular formula is C8H18ClN. The predicted octanol–water partition coefficient (Wildman–Crippen LogP) is 2.36. The van der Waals surface area contributed by atoms with Crippen molar-refractivity contribution in [2.75, 3.05) is 0 Å². The molecule has 0 aliphatic carbocycles. The van der Waals surface area contributed by atoms with Gasteiger partial charge in [0, 0.05) is 6.04 Å². The van der Waals surface area contributed by atoms with Crippen LogP contribution >= 0.6 is 12.4 Å². The zero-order chi connectivity index (χ0) is 7.28. The predicted molar refractivity (Wildman–Crippen MR) is 49.5 cm³/mol. The Morgan fingerprint density at radius 3 is 2.30 bits per heavy atom. The highest BCUT2D eigenvalue weighted by Crippen LogP contribution is 2.04. The Morgan fingerprint density at radius 1 is 1.50 bits per heavy atom. The molecule has 0 aromatic heterocycles. The summed E-state index contributed by atoms with van der Waals surface area (Å²) in [4.78, 5) is 0. The van der Waals surface area contributed by atoms with Gasteiger partial charge in [0.05, 0.1) is 0 Å². The van der Waals surface area contributed by atoms with Gasteiger partial charge in [-0.3, -0.25) is 0 Å². The van der Waals surface area contributed by atoms with Gasteiger partial charge in [0.1, 0.15) is 0 Å². The van der Waals surface area contributed by atoms with Crippen molar-refractivity contribution in [1.29, 1.82) is 0 Å². The Kier molecular flexibility index (Phi) is 8.98. The maximum Gasteiger partial charge on any atom is 0.00648 e. The number of nitrogens with two attached hydrogens (primary N) is 1. The fourth-order valence-corrected chi connectivity index (χ4v) is 0.644. The van der Waals surface area contributed by atoms with Crippen LogP contribution in [-0.4, -0.2) is 6.04 Å². The molecule has 10 heavy (non-hydrogen) atoms. The van der Waals surface area contributed by atoms with E-state index in [0.717, 1.165) is 12.8 Å². The lowest BCUT2D eigenvalue weighted by atomic mass is 10.0. The standard InChI is InChI=1S/C8H17N.ClH/c1-4-5-6-8(9)7(2)3;/h4,7-8H,1,5-6,9H2,2-3H3;1H. The first-order chi connectivity index (χ1) is 4.18. The number of halogens is 1. The molecule has 0 saturated heterocycles. The van der Waals surface area contributed by atoms with Crippen molar-refractivity contribution in [1.82, 2.24) is 0 Å². The van der Waals surface area contributed by atoms with E-state index in [-0.39, 0.29) is 12.4 Å². The Morgan fingerprint density at radius 2 is 2.00 bits per heavy atom. The quantitative estimate of drug-likeness (QED) is 0.633. The molecule has 0 amide bonds. The van der Waals surface area contributed by atoms with E-state index in [1.807, 2.05) is 6.08 Å². The summed E-state index contributed by atoms with van der Waals surface area (Å²) in [6.45, 7) is 7.93. The van der Waals surface area contributed by atoms with Crippen LogP contribution in [0.1, 0.15) is 26.7 Å². The van der Waals surface area contributed by atoms with E-state index in [4.69, 9.17) is 5.73 Å². The van der Waals surface area contributed by atoms with Gasteiger partial charge in [-0.05, 0) is 18.8 Å². The van der Waals surface area contributed by atoms with Crippen molar-refractivity contribution in [3.63, 3.8) is 0 Å². The van der Waals surface area contributed by atoms with Gasteiger partial charge >= 0.3 is 0 Å². The summed E-state index contributed by atoms with van der Waals surface area (Å²) in [6, 6.07) is 0.350. The molecule has 0 aromatic carbocycles. The first kappa shape index (κ1) is 12.6. The molecule has 62 valence electrons. The molecule has 0 fully saturated rings. The second-order valence-corrected chi connectivity index (χ2v) is 2.77. The minimum atomic E-state index is 0. The van der Waals surface area contributed by atoms with Crippen LogP contribution in [0.3, 0.4) is 0 Å². The fourth-order valence-electron chi connectivity index (χ4n) is 0.644. The van der Waals surface area contributed by atoms with Gasteiger partial charge in [-0.25, -0.2) is 0 Å². The first-order valence-electron chi connectivity index (χ1n) is 3.55. The number of rotatable bonds is 4. The third kappa shape index (κ3) is 6.12. The smallest absolute Gasteiger partial charge is 0.00648 e. The highest BCUT2D eigenvalue weighted by molar-refractivity contribution is 5.85. The first-order valence-corrected chi connectivity index (χ1v) is 3.55. The van der Waals surface area contributed by atoms with Gasteiger partial charge in [-0.1, -0.05) is 19.9 Å². The lowest BCUT2D eigenvalue weighted by Gasteiger charge is -2.13. The molecule has 1 atom stereocenters. The largest absolute Gasteiger partial charge is 0.327 e. The van der Waals surface area contributed by atoms with Crippen LogP contribution in [0, 0.1) is 5.92 Å². The summed E-state index contributed by atoms with van der Waals surface area (Å²) >= 11 is 0. The van der Waals surface area contributed by atoms with E-state index >= 15 is 0 Å². The fraction of sp³-hybridized carbons (Fsp3) is 0.750. The molecule has 0 spiro atoms. The van der Waals surface area contributed by atoms with Gasteiger partial charge in [0.15, 0.2) is 0 Å². The molecule has 0 aromatic rings. The Bertz CT molecular complexity index is 81.3. The summed E-state index contributed by atoms with van der Waals surface area (Å²) in [7, 11) is 0. The molecule has 0 radical (unpaired) electrons. The Hall–Kier alpha value is -0.0100. The van der Waals surface area contributed by atoms with E-state index in [9.17, 15) is 0 Å². The molecule has 1 unspecified atom stereocenters. The zero-order valence-corrected chi connectivity index (χ0v) is 7.66. The van der Waals surface area contributed by atoms with Crippen LogP contribution < -0.4 is 5.73 Å². The molecule has 0 aliphatic rings. The van der Waals surface area contributed by atoms with Crippen LogP contribution in [-0.2, 0) is 0 Å². The van der Waals surface area contributed by atoms with Crippen molar-refractivity contribution in [2.45, 2.75) is 32.7 Å². The highest BCUT2D eigenvalue weighted by atomic mass is 35.5. The average molecular weight is 164 g/mol. The second-order valence-electron chi connectivity index (χ2n) is 2.77. The third-order valence-electron chi connectivity index (χ3n) is 1.56. The van der Waals surface area contributed by atoms with E-state index in [0.29, 0.717) is 12.0 Å². The summed E-state index contributed by atoms with van der Waals surface area (Å²) < 4.78 is 0. The second kappa shape index (κ2) is 7.10. The molecule has 2 N–H and O–H groups in total. The van der Waals surface area contributed by atoms with E-state index in [1.165, 1.54) is 0 Å². The third-order valence-corrected chi connectivity index (χ3v) is 1.56. The van der Waals surface area contributed by atoms with Crippen LogP contribution in [0.15, 0.2) is 12.7 Å². The lowest BCUT2D eigenvalue weighted by molar-refractivity contribution is 0.467. The minimum Gasteiger partial charge on any atom is -0.327 e. The Labute approximate surface area is 70.1 Å². The van der Waals surface area contributed by atoms with Crippen molar-refractivity contribution in [3.8, 4) is 0 Å². The zero-order valence-electron chi connectivity index (χ0n) is 6.84. The molecule has 2 heteroatoms. The summed E-state index contributed by atoms with van der Waals surface area (Å²) in [5.41, 5.74) is 5.75. The minimum absolute atomic E-state index is 0. The van der Waals surface area contributed by atoms with Gasteiger partial charge in [-0.15, -0.1) is 19.0 Å². The normalized spacial score (nSPS) is 12.4. The summed E-state index contributed by atoms with van der Waals surface area (Å²) in [5.74, 6) is 0.602. The monoisotopic (exact) mass is 163 g/mol. The SMILES string of the molecule is C=CCCC(N)C(C)C.Cl. The molecule has 0 rings (SSSR count). The highest BCUT2D eigenvalue weighted by Gasteiger charge is 2.04. The topological polar surface area (TPSA) is 26.0 Å². The number of hydrogen-bond acceptors (Lipinski definition) is 1. The molecule has 1 nitrogen and oxygen atoms in total. The van der Waals surface area contributed by atoms with Crippen molar-refractivity contribution < 1.29 is 0 Å². The summed E-state index contributed by atoms with van der Waals surface area (Å²) in [6.07, 6.45) is 4.03. The van der Waals surface area contributed by atoms with Gasteiger partial charge in [0.2, 0.25) is 0 Å². The molecule has 0 saturated carbocycles. The molecule has 0 bridgehead atoms. The molecular weight excluding hydrogens is 146 g/mol. The van der Waals surface area contributed by atoms with Gasteiger partial charge in [0.25, 0.3) is 0 Å². The van der Waals surface area contributed by atoms with Gasteiger partial charge < -0.3 is 5.73 Å². The maximum atomic E-state index is 5.75. The van der Waals surface area contributed by atoms with Crippen LogP contribution in [0.4, 0.5) is 0 Å². The van der Waals surface area contributed by atoms with E-state index in [2.05, 4.69) is 20.4 Å². The maximum absolute atomic E-state index is 5.75. The van der Waals surface area contributed by atoms with Crippen LogP contribution in [0.5, 0.6) is 0 Å². The number of allylic oxidation sites excluding steroid dienone is 1. The average Bonchev–Trinajstić information content (AvgIpc) is 1.82. The van der Waals surface area contributed by atoms with Crippen molar-refractivity contribution in [2.24, 2.45) is 11.7 Å². The molecule has 0 heterocycles. The van der Waals surface area contributed by atoms with Crippen molar-refractivity contribution >= 4 is 12.4 Å². The number of hydrogen-bond donors (Lipinski definition) is 1. The van der Waals surface area contributed by atoms with Crippen LogP contribution in [0.2, 0.25) is 0 Å². The van der Waals surface area contributed by atoms with E-state index < -0.39 is 0 Å². The van der Waals surface area contributed by atoms with E-state index in [1.54, 1.807) is 0 Å². The Balaban J connectivity index is 0. The molecule has 0 aliphatic heterocycles. The van der Waals surface area contributed by atoms with Crippen LogP contribution in [0.25, 0.3) is 0 Å². The summed E-state index contributed by atoms with van der Waals surface area (Å²) in [5, 5.41) is 0. The lowest BCUT2D eigenvalue weighted by Crippen LogP contribution is -2.25. The van der Waals surface area contributed by atoms with Gasteiger partial charge in [-0.2, -0.15) is 0 Å².